The lowest BCUT2D eigenvalue weighted by molar-refractivity contribution is 0.281. The molecule has 0 saturated heterocycles. The fraction of sp³-hybridized carbons (Fsp3) is 0.429. The Balaban J connectivity index is 1.77. The van der Waals surface area contributed by atoms with Gasteiger partial charge in [0.2, 0.25) is 0 Å². The molecule has 0 unspecified atom stereocenters. The summed E-state index contributed by atoms with van der Waals surface area (Å²) < 4.78 is 21.4. The predicted molar refractivity (Wildman–Crippen MR) is 71.6 cm³/mol. The average molecular weight is 276 g/mol. The van der Waals surface area contributed by atoms with Gasteiger partial charge in [-0.3, -0.25) is 0 Å². The topological polar surface area (TPSA) is 66.0 Å². The monoisotopic (exact) mass is 276 g/mol. The normalized spacial score (nSPS) is 14.1. The number of hydrogen-bond acceptors (Lipinski definition) is 4. The van der Waals surface area contributed by atoms with Crippen LogP contribution >= 0.6 is 0 Å². The quantitative estimate of drug-likeness (QED) is 0.924. The van der Waals surface area contributed by atoms with Crippen molar-refractivity contribution in [2.75, 3.05) is 0 Å². The lowest BCUT2D eigenvalue weighted by Crippen LogP contribution is -2.15. The Morgan fingerprint density at radius 1 is 1.30 bits per heavy atom. The van der Waals surface area contributed by atoms with E-state index in [4.69, 9.17) is 10.5 Å². The van der Waals surface area contributed by atoms with Crippen molar-refractivity contribution in [3.8, 4) is 5.75 Å². The summed E-state index contributed by atoms with van der Waals surface area (Å²) in [6.07, 6.45) is 3.24. The predicted octanol–water partition coefficient (Wildman–Crippen LogP) is 1.79. The van der Waals surface area contributed by atoms with Crippen LogP contribution in [0.15, 0.2) is 18.2 Å². The Hall–Kier alpha value is -1.95. The highest BCUT2D eigenvalue weighted by atomic mass is 19.1. The molecule has 1 aliphatic heterocycles. The van der Waals surface area contributed by atoms with Crippen LogP contribution in [-0.4, -0.2) is 14.8 Å². The molecule has 1 aromatic carbocycles. The second-order valence-corrected chi connectivity index (χ2v) is 4.85. The van der Waals surface area contributed by atoms with E-state index in [0.717, 1.165) is 37.5 Å². The number of benzene rings is 1. The molecule has 0 saturated carbocycles. The molecule has 0 amide bonds. The maximum atomic E-state index is 13.6. The van der Waals surface area contributed by atoms with E-state index in [1.165, 1.54) is 6.07 Å². The Labute approximate surface area is 116 Å². The molecule has 0 fully saturated rings. The number of ether oxygens (including phenoxy) is 1. The molecule has 2 N–H and O–H groups in total. The highest BCUT2D eigenvalue weighted by Gasteiger charge is 2.16. The van der Waals surface area contributed by atoms with E-state index in [0.29, 0.717) is 11.3 Å². The third-order valence-electron chi connectivity index (χ3n) is 3.57. The molecule has 0 aliphatic carbocycles. The Kier molecular flexibility index (Phi) is 3.64. The third-order valence-corrected chi connectivity index (χ3v) is 3.57. The van der Waals surface area contributed by atoms with Crippen molar-refractivity contribution in [1.82, 2.24) is 14.8 Å². The Morgan fingerprint density at radius 3 is 3.05 bits per heavy atom. The summed E-state index contributed by atoms with van der Waals surface area (Å²) >= 11 is 0. The smallest absolute Gasteiger partial charge is 0.171 e. The molecule has 1 aromatic heterocycles. The molecule has 6 heteroatoms. The fourth-order valence-electron chi connectivity index (χ4n) is 2.49. The standard InChI is InChI=1S/C14H17FN4O/c15-11-4-3-5-12(10(11)8-16)20-9-14-18-17-13-6-1-2-7-19(13)14/h3-5H,1-2,6-9,16H2. The maximum absolute atomic E-state index is 13.6. The van der Waals surface area contributed by atoms with Gasteiger partial charge >= 0.3 is 0 Å². The number of rotatable bonds is 4. The number of fused-ring (bicyclic) bond motifs is 1. The summed E-state index contributed by atoms with van der Waals surface area (Å²) in [6, 6.07) is 4.72. The van der Waals surface area contributed by atoms with Crippen LogP contribution in [0.1, 0.15) is 30.1 Å². The highest BCUT2D eigenvalue weighted by Crippen LogP contribution is 2.22. The third kappa shape index (κ3) is 2.38. The SMILES string of the molecule is NCc1c(F)cccc1OCc1nnc2n1CCCC2. The molecule has 106 valence electrons. The van der Waals surface area contributed by atoms with Crippen molar-refractivity contribution >= 4 is 0 Å². The number of nitrogens with two attached hydrogens (primary N) is 1. The van der Waals surface area contributed by atoms with Gasteiger partial charge in [0.25, 0.3) is 0 Å². The lowest BCUT2D eigenvalue weighted by atomic mass is 10.1. The first-order valence-electron chi connectivity index (χ1n) is 6.81. The minimum Gasteiger partial charge on any atom is -0.485 e. The molecule has 0 radical (unpaired) electrons. The minimum absolute atomic E-state index is 0.111. The van der Waals surface area contributed by atoms with Gasteiger partial charge in [-0.05, 0) is 25.0 Å². The van der Waals surface area contributed by atoms with Crippen molar-refractivity contribution in [1.29, 1.82) is 0 Å². The van der Waals surface area contributed by atoms with Crippen LogP contribution in [0.2, 0.25) is 0 Å². The number of aryl methyl sites for hydroxylation is 1. The van der Waals surface area contributed by atoms with E-state index in [2.05, 4.69) is 14.8 Å². The van der Waals surface area contributed by atoms with Gasteiger partial charge in [-0.1, -0.05) is 6.07 Å². The summed E-state index contributed by atoms with van der Waals surface area (Å²) in [5.41, 5.74) is 5.95. The minimum atomic E-state index is -0.340. The van der Waals surface area contributed by atoms with Crippen LogP contribution in [0, 0.1) is 5.82 Å². The van der Waals surface area contributed by atoms with E-state index >= 15 is 0 Å². The maximum Gasteiger partial charge on any atom is 0.171 e. The fourth-order valence-corrected chi connectivity index (χ4v) is 2.49. The van der Waals surface area contributed by atoms with Gasteiger partial charge < -0.3 is 15.0 Å². The van der Waals surface area contributed by atoms with E-state index in [-0.39, 0.29) is 19.0 Å². The van der Waals surface area contributed by atoms with Crippen molar-refractivity contribution in [3.05, 3.63) is 41.2 Å². The molecular formula is C14H17FN4O. The molecule has 0 spiro atoms. The molecule has 2 aromatic rings. The van der Waals surface area contributed by atoms with Crippen molar-refractivity contribution < 1.29 is 9.13 Å². The van der Waals surface area contributed by atoms with Crippen LogP contribution < -0.4 is 10.5 Å². The number of hydrogen-bond donors (Lipinski definition) is 1. The van der Waals surface area contributed by atoms with Crippen molar-refractivity contribution in [2.45, 2.75) is 39.0 Å². The van der Waals surface area contributed by atoms with Crippen LogP contribution in [0.3, 0.4) is 0 Å². The summed E-state index contributed by atoms with van der Waals surface area (Å²) in [7, 11) is 0. The molecule has 3 rings (SSSR count). The largest absolute Gasteiger partial charge is 0.485 e. The van der Waals surface area contributed by atoms with Gasteiger partial charge in [-0.15, -0.1) is 10.2 Å². The molecular weight excluding hydrogens is 259 g/mol. The summed E-state index contributed by atoms with van der Waals surface area (Å²) in [5, 5.41) is 8.32. The Bertz CT molecular complexity index is 611. The van der Waals surface area contributed by atoms with Crippen LogP contribution in [0.25, 0.3) is 0 Å². The average Bonchev–Trinajstić information content (AvgIpc) is 2.88. The van der Waals surface area contributed by atoms with Crippen LogP contribution in [-0.2, 0) is 26.1 Å². The number of aromatic nitrogens is 3. The van der Waals surface area contributed by atoms with Crippen LogP contribution in [0.5, 0.6) is 5.75 Å². The lowest BCUT2D eigenvalue weighted by Gasteiger charge is -2.15. The molecule has 5 nitrogen and oxygen atoms in total. The van der Waals surface area contributed by atoms with Gasteiger partial charge in [0.15, 0.2) is 5.82 Å². The second kappa shape index (κ2) is 5.58. The summed E-state index contributed by atoms with van der Waals surface area (Å²) in [5.74, 6) is 1.93. The first kappa shape index (κ1) is 13.1. The number of halogens is 1. The highest BCUT2D eigenvalue weighted by molar-refractivity contribution is 5.34. The molecule has 2 heterocycles. The van der Waals surface area contributed by atoms with Crippen LogP contribution in [0.4, 0.5) is 4.39 Å². The summed E-state index contributed by atoms with van der Waals surface area (Å²) in [4.78, 5) is 0. The van der Waals surface area contributed by atoms with Gasteiger partial charge in [-0.2, -0.15) is 0 Å². The van der Waals surface area contributed by atoms with Gasteiger partial charge in [0.05, 0.1) is 0 Å². The van der Waals surface area contributed by atoms with E-state index < -0.39 is 0 Å². The zero-order chi connectivity index (χ0) is 13.9. The molecule has 0 bridgehead atoms. The first-order valence-corrected chi connectivity index (χ1v) is 6.81. The van der Waals surface area contributed by atoms with E-state index in [1.807, 2.05) is 0 Å². The number of nitrogens with zero attached hydrogens (tertiary/aromatic N) is 3. The molecule has 1 aliphatic rings. The molecule has 0 atom stereocenters. The van der Waals surface area contributed by atoms with E-state index in [9.17, 15) is 4.39 Å². The molecule has 20 heavy (non-hydrogen) atoms. The van der Waals surface area contributed by atoms with Gasteiger partial charge in [0.1, 0.15) is 24.0 Å². The van der Waals surface area contributed by atoms with Gasteiger partial charge in [0, 0.05) is 25.1 Å². The first-order chi connectivity index (χ1) is 9.79. The van der Waals surface area contributed by atoms with Gasteiger partial charge in [-0.25, -0.2) is 4.39 Å². The van der Waals surface area contributed by atoms with Crippen molar-refractivity contribution in [3.63, 3.8) is 0 Å². The van der Waals surface area contributed by atoms with E-state index in [1.54, 1.807) is 12.1 Å². The Morgan fingerprint density at radius 2 is 2.20 bits per heavy atom. The second-order valence-electron chi connectivity index (χ2n) is 4.85. The van der Waals surface area contributed by atoms with Crippen molar-refractivity contribution in [2.24, 2.45) is 5.73 Å². The zero-order valence-electron chi connectivity index (χ0n) is 11.2. The summed E-state index contributed by atoms with van der Waals surface area (Å²) in [6.45, 7) is 1.32. The zero-order valence-corrected chi connectivity index (χ0v) is 11.2.